The van der Waals surface area contributed by atoms with Gasteiger partial charge >= 0.3 is 11.7 Å². The molecule has 0 bridgehead atoms. The van der Waals surface area contributed by atoms with Crippen LogP contribution in [0.3, 0.4) is 0 Å². The number of imide groups is 1. The number of aromatic nitrogens is 4. The number of piperidine rings is 2. The van der Waals surface area contributed by atoms with Gasteiger partial charge < -0.3 is 29.9 Å². The van der Waals surface area contributed by atoms with Gasteiger partial charge in [-0.15, -0.1) is 0 Å². The van der Waals surface area contributed by atoms with Crippen molar-refractivity contribution in [3.63, 3.8) is 0 Å². The van der Waals surface area contributed by atoms with Crippen LogP contribution in [0.2, 0.25) is 0 Å². The van der Waals surface area contributed by atoms with Gasteiger partial charge in [0.1, 0.15) is 17.5 Å². The number of nitrogens with zero attached hydrogens (tertiary/aromatic N) is 5. The molecule has 2 fully saturated rings. The van der Waals surface area contributed by atoms with Gasteiger partial charge in [0.15, 0.2) is 5.82 Å². The molecule has 3 aromatic carbocycles. The average molecular weight is 747 g/mol. The van der Waals surface area contributed by atoms with Crippen molar-refractivity contribution >= 4 is 40.3 Å². The zero-order valence-electron chi connectivity index (χ0n) is 30.5. The molecule has 0 aliphatic carbocycles. The first-order valence-corrected chi connectivity index (χ1v) is 18.7. The molecule has 3 aliphatic rings. The summed E-state index contributed by atoms with van der Waals surface area (Å²) in [7, 11) is 0. The normalized spacial score (nSPS) is 18.6. The van der Waals surface area contributed by atoms with E-state index in [4.69, 9.17) is 0 Å². The Hall–Kier alpha value is -6.38. The van der Waals surface area contributed by atoms with Gasteiger partial charge in [-0.3, -0.25) is 19.7 Å². The lowest BCUT2D eigenvalue weighted by atomic mass is 9.97. The lowest BCUT2D eigenvalue weighted by molar-refractivity contribution is -0.137. The second kappa shape index (κ2) is 14.1. The fourth-order valence-electron chi connectivity index (χ4n) is 8.26. The fourth-order valence-corrected chi connectivity index (χ4v) is 8.26. The third-order valence-electron chi connectivity index (χ3n) is 11.0. The summed E-state index contributed by atoms with van der Waals surface area (Å²) in [5.41, 5.74) is 3.31. The molecule has 2 atom stereocenters. The minimum Gasteiger partial charge on any atom is -0.508 e. The summed E-state index contributed by atoms with van der Waals surface area (Å²) < 4.78 is 3.39. The number of aromatic amines is 1. The van der Waals surface area contributed by atoms with E-state index in [0.717, 1.165) is 30.2 Å². The lowest BCUT2D eigenvalue weighted by Crippen LogP contribution is -2.53. The van der Waals surface area contributed by atoms with Crippen LogP contribution < -0.4 is 16.3 Å². The summed E-state index contributed by atoms with van der Waals surface area (Å²) in [6.45, 7) is 5.56. The van der Waals surface area contributed by atoms with Gasteiger partial charge in [-0.05, 0) is 86.1 Å². The first kappa shape index (κ1) is 35.6. The second-order valence-corrected chi connectivity index (χ2v) is 14.8. The van der Waals surface area contributed by atoms with Crippen molar-refractivity contribution in [3.8, 4) is 28.6 Å². The molecule has 0 spiro atoms. The van der Waals surface area contributed by atoms with Crippen LogP contribution in [0.4, 0.5) is 10.5 Å². The molecule has 5 aromatic rings. The minimum absolute atomic E-state index is 0.0486. The maximum Gasteiger partial charge on any atom is 0.348 e. The van der Waals surface area contributed by atoms with Crippen molar-refractivity contribution in [2.75, 3.05) is 18.4 Å². The molecule has 0 saturated carbocycles. The topological polar surface area (TPSA) is 195 Å². The highest BCUT2D eigenvalue weighted by Crippen LogP contribution is 2.44. The summed E-state index contributed by atoms with van der Waals surface area (Å²) in [6, 6.07) is 13.8. The number of rotatable bonds is 8. The van der Waals surface area contributed by atoms with Crippen molar-refractivity contribution in [3.05, 3.63) is 88.0 Å². The Morgan fingerprint density at radius 3 is 2.53 bits per heavy atom. The highest BCUT2D eigenvalue weighted by atomic mass is 16.3. The molecule has 0 radical (unpaired) electrons. The number of nitrogens with one attached hydrogen (secondary N) is 3. The molecular formula is C40H42N8O7. The molecule has 55 heavy (non-hydrogen) atoms. The SMILES string of the molecule is CC(C)c1cc(-c2n[nH]c(=O)n2-c2ccc3c(ccn3CCC3c4c(NC(=O)N5CCCCC5)cccc4C(=O)N3C3CCC(=O)NC3=O)c2)c(O)cc1O. The molecule has 8 rings (SSSR count). The number of fused-ring (bicyclic) bond motifs is 2. The first-order valence-electron chi connectivity index (χ1n) is 18.7. The van der Waals surface area contributed by atoms with E-state index >= 15 is 0 Å². The smallest absolute Gasteiger partial charge is 0.348 e. The molecule has 2 saturated heterocycles. The van der Waals surface area contributed by atoms with Gasteiger partial charge in [0.2, 0.25) is 11.8 Å². The van der Waals surface area contributed by atoms with E-state index < -0.39 is 23.7 Å². The Labute approximate surface area is 315 Å². The number of amides is 5. The number of carbonyl (C=O) groups is 4. The van der Waals surface area contributed by atoms with Crippen molar-refractivity contribution in [1.29, 1.82) is 0 Å². The van der Waals surface area contributed by atoms with E-state index in [2.05, 4.69) is 20.8 Å². The third-order valence-corrected chi connectivity index (χ3v) is 11.0. The van der Waals surface area contributed by atoms with Crippen LogP contribution in [-0.4, -0.2) is 82.2 Å². The fraction of sp³-hybridized carbons (Fsp3) is 0.350. The summed E-state index contributed by atoms with van der Waals surface area (Å²) in [5, 5.41) is 34.1. The zero-order valence-corrected chi connectivity index (χ0v) is 30.5. The molecule has 5 heterocycles. The molecule has 5 amide bonds. The van der Waals surface area contributed by atoms with E-state index in [1.54, 1.807) is 40.1 Å². The molecule has 2 aromatic heterocycles. The summed E-state index contributed by atoms with van der Waals surface area (Å²) in [4.78, 5) is 69.2. The van der Waals surface area contributed by atoms with E-state index in [1.807, 2.05) is 42.8 Å². The Morgan fingerprint density at radius 2 is 1.76 bits per heavy atom. The number of phenolic OH excluding ortho intramolecular Hbond substituents is 2. The Kier molecular flexibility index (Phi) is 9.15. The van der Waals surface area contributed by atoms with Crippen LogP contribution >= 0.6 is 0 Å². The van der Waals surface area contributed by atoms with Crippen LogP contribution in [0.5, 0.6) is 11.5 Å². The van der Waals surface area contributed by atoms with Gasteiger partial charge in [0.05, 0.1) is 17.3 Å². The van der Waals surface area contributed by atoms with Gasteiger partial charge in [-0.1, -0.05) is 19.9 Å². The van der Waals surface area contributed by atoms with Crippen LogP contribution in [0.1, 0.15) is 85.8 Å². The van der Waals surface area contributed by atoms with E-state index in [1.165, 1.54) is 10.6 Å². The quantitative estimate of drug-likeness (QED) is 0.135. The van der Waals surface area contributed by atoms with Crippen LogP contribution in [0.25, 0.3) is 28.0 Å². The van der Waals surface area contributed by atoms with Crippen molar-refractivity contribution in [2.45, 2.75) is 76.9 Å². The van der Waals surface area contributed by atoms with Crippen molar-refractivity contribution in [1.82, 2.24) is 34.4 Å². The Morgan fingerprint density at radius 1 is 0.964 bits per heavy atom. The number of urea groups is 1. The van der Waals surface area contributed by atoms with Gasteiger partial charge in [-0.2, -0.15) is 5.10 Å². The number of hydrogen-bond acceptors (Lipinski definition) is 8. The predicted octanol–water partition coefficient (Wildman–Crippen LogP) is 5.13. The monoisotopic (exact) mass is 746 g/mol. The maximum atomic E-state index is 14.1. The average Bonchev–Trinajstić information content (AvgIpc) is 3.84. The largest absolute Gasteiger partial charge is 0.508 e. The molecule has 15 heteroatoms. The number of aromatic hydroxyl groups is 2. The van der Waals surface area contributed by atoms with Crippen LogP contribution in [0, 0.1) is 0 Å². The standard InChI is InChI=1S/C40H42N8O7/c1-22(2)26-20-27(33(50)21-32(26)49)36-43-44-40(55)47(36)24-9-10-29-23(19-24)13-17-45(29)18-14-30-35-25(38(53)48(30)31-11-12-34(51)42-37(31)52)7-6-8-28(35)41-39(54)46-15-4-3-5-16-46/h6-10,13,17,19-22,30-31,49-50H,3-5,11-12,14-16,18H2,1-2H3,(H,41,54)(H,44,55)(H,42,51,52). The van der Waals surface area contributed by atoms with E-state index in [-0.39, 0.29) is 59.5 Å². The zero-order chi connectivity index (χ0) is 38.5. The number of likely N-dealkylation sites (tertiary alicyclic amines) is 1. The van der Waals surface area contributed by atoms with E-state index in [0.29, 0.717) is 54.1 Å². The highest BCUT2D eigenvalue weighted by molar-refractivity contribution is 6.07. The van der Waals surface area contributed by atoms with Crippen LogP contribution in [0.15, 0.2) is 65.6 Å². The minimum atomic E-state index is -0.857. The number of H-pyrrole nitrogens is 1. The number of anilines is 1. The number of aryl methyl sites for hydroxylation is 1. The predicted molar refractivity (Wildman–Crippen MR) is 203 cm³/mol. The van der Waals surface area contributed by atoms with E-state index in [9.17, 15) is 34.2 Å². The molecule has 5 N–H and O–H groups in total. The summed E-state index contributed by atoms with van der Waals surface area (Å²) >= 11 is 0. The third kappa shape index (κ3) is 6.38. The highest BCUT2D eigenvalue weighted by Gasteiger charge is 2.46. The summed E-state index contributed by atoms with van der Waals surface area (Å²) in [6.07, 6.45) is 5.54. The maximum absolute atomic E-state index is 14.1. The van der Waals surface area contributed by atoms with Crippen LogP contribution in [-0.2, 0) is 16.1 Å². The Bertz CT molecular complexity index is 2420. The molecule has 2 unspecified atom stereocenters. The number of carbonyl (C=O) groups excluding carboxylic acids is 4. The number of hydrogen-bond donors (Lipinski definition) is 5. The number of benzene rings is 3. The lowest BCUT2D eigenvalue weighted by Gasteiger charge is -2.35. The first-order chi connectivity index (χ1) is 26.5. The molecule has 284 valence electrons. The molecular weight excluding hydrogens is 704 g/mol. The Balaban J connectivity index is 1.11. The number of phenols is 2. The molecule has 15 nitrogen and oxygen atoms in total. The van der Waals surface area contributed by atoms with Gasteiger partial charge in [-0.25, -0.2) is 19.3 Å². The summed E-state index contributed by atoms with van der Waals surface area (Å²) in [5.74, 6) is -1.35. The van der Waals surface area contributed by atoms with Crippen molar-refractivity contribution in [2.24, 2.45) is 0 Å². The van der Waals surface area contributed by atoms with Gasteiger partial charge in [0, 0.05) is 66.0 Å². The van der Waals surface area contributed by atoms with Crippen molar-refractivity contribution < 1.29 is 29.4 Å². The van der Waals surface area contributed by atoms with Gasteiger partial charge in [0.25, 0.3) is 5.91 Å². The second-order valence-electron chi connectivity index (χ2n) is 14.8. The molecule has 3 aliphatic heterocycles.